The number of likely N-dealkylation sites (tertiary alicyclic amines) is 1. The van der Waals surface area contributed by atoms with E-state index >= 15 is 0 Å². The summed E-state index contributed by atoms with van der Waals surface area (Å²) in [5.74, 6) is 0.395. The molecule has 0 N–H and O–H groups in total. The molecule has 0 unspecified atom stereocenters. The van der Waals surface area contributed by atoms with Gasteiger partial charge < -0.3 is 4.90 Å². The summed E-state index contributed by atoms with van der Waals surface area (Å²) in [6, 6.07) is 14.3. The van der Waals surface area contributed by atoms with Crippen LogP contribution in [0.3, 0.4) is 0 Å². The Morgan fingerprint density at radius 3 is 2.39 bits per heavy atom. The molecule has 2 nitrogen and oxygen atoms in total. The fourth-order valence-electron chi connectivity index (χ4n) is 3.15. The summed E-state index contributed by atoms with van der Waals surface area (Å²) in [7, 11) is 0. The second-order valence-corrected chi connectivity index (χ2v) is 6.23. The molecule has 1 radical (unpaired) electrons. The largest absolute Gasteiger partial charge is 0.339 e. The first-order valence-electron chi connectivity index (χ1n) is 8.08. The van der Waals surface area contributed by atoms with Crippen LogP contribution in [0.15, 0.2) is 48.5 Å². The van der Waals surface area contributed by atoms with Crippen molar-refractivity contribution in [1.29, 1.82) is 0 Å². The van der Waals surface area contributed by atoms with Gasteiger partial charge in [0.1, 0.15) is 5.82 Å². The summed E-state index contributed by atoms with van der Waals surface area (Å²) >= 11 is 0. The fraction of sp³-hybridized carbons (Fsp3) is 0.300. The van der Waals surface area contributed by atoms with Crippen molar-refractivity contribution in [3.8, 4) is 0 Å². The fourth-order valence-corrected chi connectivity index (χ4v) is 3.15. The van der Waals surface area contributed by atoms with Gasteiger partial charge in [0.15, 0.2) is 0 Å². The Bertz CT molecular complexity index is 672. The molecule has 1 aliphatic rings. The molecule has 0 aliphatic carbocycles. The molecule has 0 bridgehead atoms. The van der Waals surface area contributed by atoms with E-state index in [0.717, 1.165) is 43.5 Å². The first-order chi connectivity index (χ1) is 11.1. The van der Waals surface area contributed by atoms with Gasteiger partial charge in [0.25, 0.3) is 5.91 Å². The molecule has 1 aliphatic heterocycles. The highest BCUT2D eigenvalue weighted by Crippen LogP contribution is 2.24. The smallest absolute Gasteiger partial charge is 0.253 e. The van der Waals surface area contributed by atoms with Crippen LogP contribution < -0.4 is 0 Å². The van der Waals surface area contributed by atoms with E-state index < -0.39 is 0 Å². The van der Waals surface area contributed by atoms with Crippen LogP contribution in [0, 0.1) is 18.7 Å². The van der Waals surface area contributed by atoms with Gasteiger partial charge in [-0.2, -0.15) is 0 Å². The first-order valence-corrected chi connectivity index (χ1v) is 8.08. The number of benzene rings is 2. The molecule has 2 aromatic rings. The molecule has 0 saturated carbocycles. The van der Waals surface area contributed by atoms with Gasteiger partial charge in [0, 0.05) is 18.7 Å². The maximum absolute atomic E-state index is 13.7. The van der Waals surface area contributed by atoms with Crippen molar-refractivity contribution >= 4 is 5.91 Å². The molecule has 0 atom stereocenters. The van der Waals surface area contributed by atoms with Gasteiger partial charge in [-0.15, -0.1) is 0 Å². The summed E-state index contributed by atoms with van der Waals surface area (Å²) in [6.45, 7) is 5.32. The van der Waals surface area contributed by atoms with Crippen molar-refractivity contribution in [1.82, 2.24) is 4.90 Å². The topological polar surface area (TPSA) is 20.3 Å². The third-order valence-electron chi connectivity index (χ3n) is 4.57. The van der Waals surface area contributed by atoms with Crippen LogP contribution in [0.2, 0.25) is 0 Å². The van der Waals surface area contributed by atoms with E-state index in [-0.39, 0.29) is 11.7 Å². The first kappa shape index (κ1) is 15.7. The second-order valence-electron chi connectivity index (χ2n) is 6.23. The zero-order valence-electron chi connectivity index (χ0n) is 13.2. The minimum Gasteiger partial charge on any atom is -0.339 e. The lowest BCUT2D eigenvalue weighted by atomic mass is 9.89. The monoisotopic (exact) mass is 310 g/mol. The van der Waals surface area contributed by atoms with Crippen molar-refractivity contribution in [3.05, 3.63) is 78.0 Å². The quantitative estimate of drug-likeness (QED) is 0.835. The maximum atomic E-state index is 13.7. The third-order valence-corrected chi connectivity index (χ3v) is 4.57. The predicted octanol–water partition coefficient (Wildman–Crippen LogP) is 4.10. The van der Waals surface area contributed by atoms with Crippen molar-refractivity contribution in [2.45, 2.75) is 19.3 Å². The average molecular weight is 310 g/mol. The van der Waals surface area contributed by atoms with Gasteiger partial charge in [-0.3, -0.25) is 4.79 Å². The van der Waals surface area contributed by atoms with E-state index in [1.54, 1.807) is 6.07 Å². The average Bonchev–Trinajstić information content (AvgIpc) is 2.58. The molecular weight excluding hydrogens is 289 g/mol. The lowest BCUT2D eigenvalue weighted by molar-refractivity contribution is 0.0690. The Kier molecular flexibility index (Phi) is 4.75. The number of hydrogen-bond donors (Lipinski definition) is 0. The summed E-state index contributed by atoms with van der Waals surface area (Å²) in [6.07, 6.45) is 2.60. The highest BCUT2D eigenvalue weighted by molar-refractivity contribution is 5.94. The minimum absolute atomic E-state index is 0.0781. The molecule has 23 heavy (non-hydrogen) atoms. The number of rotatable bonds is 3. The summed E-state index contributed by atoms with van der Waals surface area (Å²) in [4.78, 5) is 14.4. The van der Waals surface area contributed by atoms with Crippen LogP contribution in [-0.2, 0) is 6.42 Å². The van der Waals surface area contributed by atoms with Gasteiger partial charge in [0.05, 0.1) is 0 Å². The standard InChI is InChI=1S/C20H21FNO/c1-15-6-8-17(9-7-15)20(23)22-12-10-16(11-13-22)14-18-4-2-3-5-19(18)21/h2-9,16H,1,10-14H2. The molecule has 0 spiro atoms. The number of carbonyl (C=O) groups is 1. The minimum atomic E-state index is -0.126. The van der Waals surface area contributed by atoms with Crippen molar-refractivity contribution in [3.63, 3.8) is 0 Å². The number of nitrogens with zero attached hydrogens (tertiary/aromatic N) is 1. The van der Waals surface area contributed by atoms with E-state index in [1.807, 2.05) is 41.3 Å². The maximum Gasteiger partial charge on any atom is 0.253 e. The summed E-state index contributed by atoms with van der Waals surface area (Å²) < 4.78 is 13.7. The molecule has 119 valence electrons. The molecule has 0 aromatic heterocycles. The van der Waals surface area contributed by atoms with Gasteiger partial charge in [-0.05, 0) is 61.4 Å². The number of piperidine rings is 1. The Morgan fingerprint density at radius 2 is 1.74 bits per heavy atom. The van der Waals surface area contributed by atoms with Crippen LogP contribution in [0.4, 0.5) is 4.39 Å². The van der Waals surface area contributed by atoms with Crippen molar-refractivity contribution < 1.29 is 9.18 Å². The number of hydrogen-bond acceptors (Lipinski definition) is 1. The Balaban J connectivity index is 1.57. The molecular formula is C20H21FNO. The Hall–Kier alpha value is -2.16. The molecule has 2 aromatic carbocycles. The lowest BCUT2D eigenvalue weighted by Crippen LogP contribution is -2.38. The molecule has 1 fully saturated rings. The highest BCUT2D eigenvalue weighted by atomic mass is 19.1. The molecule has 1 saturated heterocycles. The predicted molar refractivity (Wildman–Crippen MR) is 89.6 cm³/mol. The van der Waals surface area contributed by atoms with Crippen LogP contribution in [0.25, 0.3) is 0 Å². The zero-order chi connectivity index (χ0) is 16.2. The highest BCUT2D eigenvalue weighted by Gasteiger charge is 2.24. The van der Waals surface area contributed by atoms with Crippen LogP contribution in [0.1, 0.15) is 34.3 Å². The lowest BCUT2D eigenvalue weighted by Gasteiger charge is -2.32. The van der Waals surface area contributed by atoms with Crippen LogP contribution in [0.5, 0.6) is 0 Å². The van der Waals surface area contributed by atoms with Crippen molar-refractivity contribution in [2.75, 3.05) is 13.1 Å². The Labute approximate surface area is 136 Å². The number of carbonyl (C=O) groups excluding carboxylic acids is 1. The van der Waals surface area contributed by atoms with Crippen molar-refractivity contribution in [2.24, 2.45) is 5.92 Å². The van der Waals surface area contributed by atoms with Crippen LogP contribution in [-0.4, -0.2) is 23.9 Å². The van der Waals surface area contributed by atoms with E-state index in [1.165, 1.54) is 6.07 Å². The SMILES string of the molecule is [CH2]c1ccc(C(=O)N2CCC(Cc3ccccc3F)CC2)cc1. The van der Waals surface area contributed by atoms with Gasteiger partial charge in [0.2, 0.25) is 0 Å². The zero-order valence-corrected chi connectivity index (χ0v) is 13.2. The molecule has 1 heterocycles. The van der Waals surface area contributed by atoms with Gasteiger partial charge in [-0.25, -0.2) is 4.39 Å². The van der Waals surface area contributed by atoms with E-state index in [4.69, 9.17) is 0 Å². The molecule has 3 rings (SSSR count). The second kappa shape index (κ2) is 6.95. The normalized spacial score (nSPS) is 15.7. The number of halogens is 1. The van der Waals surface area contributed by atoms with Crippen LogP contribution >= 0.6 is 0 Å². The molecule has 3 heteroatoms. The molecule has 1 amide bonds. The summed E-state index contributed by atoms with van der Waals surface area (Å²) in [5, 5.41) is 0. The van der Waals surface area contributed by atoms with E-state index in [2.05, 4.69) is 6.92 Å². The number of amides is 1. The van der Waals surface area contributed by atoms with Gasteiger partial charge in [-0.1, -0.05) is 30.3 Å². The van der Waals surface area contributed by atoms with E-state index in [9.17, 15) is 9.18 Å². The third kappa shape index (κ3) is 3.79. The van der Waals surface area contributed by atoms with Gasteiger partial charge >= 0.3 is 0 Å². The Morgan fingerprint density at radius 1 is 1.09 bits per heavy atom. The summed E-state index contributed by atoms with van der Waals surface area (Å²) in [5.41, 5.74) is 2.40. The van der Waals surface area contributed by atoms with E-state index in [0.29, 0.717) is 11.5 Å².